The first-order valence-corrected chi connectivity index (χ1v) is 8.84. The number of nitrogens with zero attached hydrogens (tertiary/aromatic N) is 4. The molecule has 2 aromatic heterocycles. The molecule has 0 saturated carbocycles. The minimum atomic E-state index is -0.186. The van der Waals surface area contributed by atoms with Crippen molar-refractivity contribution in [3.05, 3.63) is 34.8 Å². The quantitative estimate of drug-likeness (QED) is 0.919. The fraction of sp³-hybridized carbons (Fsp3) is 0.438. The maximum atomic E-state index is 12.5. The number of carbonyl (C=O) groups is 2. The second kappa shape index (κ2) is 7.04. The zero-order valence-corrected chi connectivity index (χ0v) is 14.6. The highest BCUT2D eigenvalue weighted by molar-refractivity contribution is 7.10. The van der Waals surface area contributed by atoms with Gasteiger partial charge in [-0.25, -0.2) is 4.79 Å². The van der Waals surface area contributed by atoms with Gasteiger partial charge in [0.05, 0.1) is 17.9 Å². The van der Waals surface area contributed by atoms with Gasteiger partial charge in [-0.2, -0.15) is 5.10 Å². The number of hydrogen-bond donors (Lipinski definition) is 1. The number of thiophene rings is 1. The van der Waals surface area contributed by atoms with Crippen LogP contribution in [0.1, 0.15) is 24.3 Å². The van der Waals surface area contributed by atoms with E-state index in [1.165, 1.54) is 0 Å². The van der Waals surface area contributed by atoms with Gasteiger partial charge in [0, 0.05) is 31.2 Å². The maximum Gasteiger partial charge on any atom is 0.318 e. The van der Waals surface area contributed by atoms with E-state index >= 15 is 0 Å². The molecular weight excluding hydrogens is 326 g/mol. The van der Waals surface area contributed by atoms with E-state index in [9.17, 15) is 9.59 Å². The molecule has 1 aliphatic rings. The number of hydrogen-bond acceptors (Lipinski definition) is 4. The first-order chi connectivity index (χ1) is 11.6. The summed E-state index contributed by atoms with van der Waals surface area (Å²) in [7, 11) is 1.81. The van der Waals surface area contributed by atoms with E-state index in [2.05, 4.69) is 10.4 Å². The van der Waals surface area contributed by atoms with Gasteiger partial charge in [0.15, 0.2) is 0 Å². The van der Waals surface area contributed by atoms with Gasteiger partial charge in [0.1, 0.15) is 6.54 Å². The Bertz CT molecular complexity index is 712. The molecule has 3 amide bonds. The minimum absolute atomic E-state index is 0.0102. The highest BCUT2D eigenvalue weighted by atomic mass is 32.1. The number of anilines is 1. The van der Waals surface area contributed by atoms with Crippen LogP contribution >= 0.6 is 11.3 Å². The van der Waals surface area contributed by atoms with Crippen molar-refractivity contribution in [3.63, 3.8) is 0 Å². The molecule has 0 unspecified atom stereocenters. The van der Waals surface area contributed by atoms with E-state index in [0.29, 0.717) is 13.1 Å². The van der Waals surface area contributed by atoms with Crippen molar-refractivity contribution in [2.45, 2.75) is 19.4 Å². The van der Waals surface area contributed by atoms with Crippen molar-refractivity contribution in [2.24, 2.45) is 7.05 Å². The van der Waals surface area contributed by atoms with Gasteiger partial charge in [-0.1, -0.05) is 13.0 Å². The Morgan fingerprint density at radius 1 is 1.46 bits per heavy atom. The topological polar surface area (TPSA) is 70.5 Å². The smallest absolute Gasteiger partial charge is 0.318 e. The third-order valence-electron chi connectivity index (χ3n) is 4.10. The molecule has 1 fully saturated rings. The molecule has 8 heteroatoms. The maximum absolute atomic E-state index is 12.5. The first kappa shape index (κ1) is 16.5. The summed E-state index contributed by atoms with van der Waals surface area (Å²) in [5.74, 6) is -0.0893. The van der Waals surface area contributed by atoms with Crippen LogP contribution < -0.4 is 10.2 Å². The van der Waals surface area contributed by atoms with Gasteiger partial charge in [0.25, 0.3) is 0 Å². The molecule has 0 aromatic carbocycles. The van der Waals surface area contributed by atoms with E-state index < -0.39 is 0 Å². The summed E-state index contributed by atoms with van der Waals surface area (Å²) in [5, 5.41) is 9.12. The molecule has 1 atom stereocenters. The minimum Gasteiger partial charge on any atom is -0.330 e. The molecule has 1 aliphatic heterocycles. The number of aromatic nitrogens is 2. The molecule has 2 aromatic rings. The van der Waals surface area contributed by atoms with Crippen LogP contribution in [0.15, 0.2) is 29.9 Å². The van der Waals surface area contributed by atoms with E-state index in [1.54, 1.807) is 38.2 Å². The summed E-state index contributed by atoms with van der Waals surface area (Å²) in [6.45, 7) is 3.11. The lowest BCUT2D eigenvalue weighted by Gasteiger charge is -2.34. The van der Waals surface area contributed by atoms with Crippen molar-refractivity contribution in [2.75, 3.05) is 24.5 Å². The fourth-order valence-corrected chi connectivity index (χ4v) is 3.63. The van der Waals surface area contributed by atoms with Crippen LogP contribution in [0.25, 0.3) is 0 Å². The van der Waals surface area contributed by atoms with Gasteiger partial charge in [-0.15, -0.1) is 11.3 Å². The zero-order valence-electron chi connectivity index (χ0n) is 13.8. The van der Waals surface area contributed by atoms with Crippen LogP contribution in [0.4, 0.5) is 10.5 Å². The third-order valence-corrected chi connectivity index (χ3v) is 5.09. The Hall–Kier alpha value is -2.35. The Morgan fingerprint density at radius 2 is 2.29 bits per heavy atom. The highest BCUT2D eigenvalue weighted by Gasteiger charge is 2.29. The predicted molar refractivity (Wildman–Crippen MR) is 93.0 cm³/mol. The van der Waals surface area contributed by atoms with E-state index in [-0.39, 0.29) is 24.5 Å². The number of aryl methyl sites for hydroxylation is 1. The molecule has 0 bridgehead atoms. The van der Waals surface area contributed by atoms with Crippen LogP contribution in [-0.4, -0.2) is 46.3 Å². The second-order valence-corrected chi connectivity index (χ2v) is 6.74. The molecule has 0 radical (unpaired) electrons. The third kappa shape index (κ3) is 3.43. The summed E-state index contributed by atoms with van der Waals surface area (Å²) >= 11 is 1.63. The van der Waals surface area contributed by atoms with E-state index in [4.69, 9.17) is 0 Å². The summed E-state index contributed by atoms with van der Waals surface area (Å²) in [6, 6.07) is 3.80. The van der Waals surface area contributed by atoms with E-state index in [1.807, 2.05) is 31.5 Å². The largest absolute Gasteiger partial charge is 0.330 e. The number of nitrogens with one attached hydrogen (secondary N) is 1. The number of carbonyl (C=O) groups excluding carboxylic acids is 2. The zero-order chi connectivity index (χ0) is 17.1. The molecule has 7 nitrogen and oxygen atoms in total. The SMILES string of the molecule is CC[C@@H](NC(=O)N1CCN(c2cnn(C)c2)C(=O)C1)c1cccs1. The molecule has 3 heterocycles. The van der Waals surface area contributed by atoms with Crippen LogP contribution in [0.2, 0.25) is 0 Å². The molecule has 0 aliphatic carbocycles. The standard InChI is InChI=1S/C16H21N5O2S/c1-3-13(14-5-4-8-24-14)18-16(23)20-6-7-21(15(22)11-20)12-9-17-19(2)10-12/h4-5,8-10,13H,3,6-7,11H2,1-2H3,(H,18,23)/t13-/m1/s1. The Labute approximate surface area is 144 Å². The lowest BCUT2D eigenvalue weighted by atomic mass is 10.2. The van der Waals surface area contributed by atoms with E-state index in [0.717, 1.165) is 17.0 Å². The summed E-state index contributed by atoms with van der Waals surface area (Å²) in [6.07, 6.45) is 4.28. The van der Waals surface area contributed by atoms with Gasteiger partial charge in [-0.3, -0.25) is 9.48 Å². The van der Waals surface area contributed by atoms with Gasteiger partial charge < -0.3 is 15.1 Å². The summed E-state index contributed by atoms with van der Waals surface area (Å²) in [4.78, 5) is 29.2. The van der Waals surface area contributed by atoms with Crippen molar-refractivity contribution in [3.8, 4) is 0 Å². The van der Waals surface area contributed by atoms with Crippen molar-refractivity contribution in [1.29, 1.82) is 0 Å². The van der Waals surface area contributed by atoms with Crippen LogP contribution in [0, 0.1) is 0 Å². The molecule has 128 valence electrons. The van der Waals surface area contributed by atoms with Crippen LogP contribution in [-0.2, 0) is 11.8 Å². The normalized spacial score (nSPS) is 16.3. The van der Waals surface area contributed by atoms with Crippen LogP contribution in [0.3, 0.4) is 0 Å². The Balaban J connectivity index is 1.60. The van der Waals surface area contributed by atoms with Crippen molar-refractivity contribution < 1.29 is 9.59 Å². The monoisotopic (exact) mass is 347 g/mol. The summed E-state index contributed by atoms with van der Waals surface area (Å²) in [5.41, 5.74) is 0.771. The number of urea groups is 1. The number of amides is 3. The lowest BCUT2D eigenvalue weighted by molar-refractivity contribution is -0.120. The Kier molecular flexibility index (Phi) is 4.84. The highest BCUT2D eigenvalue weighted by Crippen LogP contribution is 2.22. The molecule has 24 heavy (non-hydrogen) atoms. The Morgan fingerprint density at radius 3 is 2.88 bits per heavy atom. The summed E-state index contributed by atoms with van der Waals surface area (Å²) < 4.78 is 1.66. The average Bonchev–Trinajstić information content (AvgIpc) is 3.24. The first-order valence-electron chi connectivity index (χ1n) is 7.96. The van der Waals surface area contributed by atoms with Crippen molar-refractivity contribution >= 4 is 29.0 Å². The number of rotatable bonds is 4. The molecule has 3 rings (SSSR count). The van der Waals surface area contributed by atoms with Gasteiger partial charge >= 0.3 is 6.03 Å². The molecule has 0 spiro atoms. The molecule has 1 N–H and O–H groups in total. The van der Waals surface area contributed by atoms with Gasteiger partial charge in [0.2, 0.25) is 5.91 Å². The lowest BCUT2D eigenvalue weighted by Crippen LogP contribution is -2.55. The fourth-order valence-electron chi connectivity index (χ4n) is 2.77. The molecular formula is C16H21N5O2S. The number of piperazine rings is 1. The predicted octanol–water partition coefficient (Wildman–Crippen LogP) is 1.99. The van der Waals surface area contributed by atoms with Crippen LogP contribution in [0.5, 0.6) is 0 Å². The van der Waals surface area contributed by atoms with Crippen molar-refractivity contribution in [1.82, 2.24) is 20.0 Å². The second-order valence-electron chi connectivity index (χ2n) is 5.76. The average molecular weight is 347 g/mol. The van der Waals surface area contributed by atoms with Gasteiger partial charge in [-0.05, 0) is 17.9 Å². The molecule has 1 saturated heterocycles.